The smallest absolute Gasteiger partial charge is 0.211 e. The molecule has 4 aromatic heterocycles. The first kappa shape index (κ1) is 41.6. The van der Waals surface area contributed by atoms with E-state index in [2.05, 4.69) is 170 Å². The molecule has 4 heterocycles. The highest BCUT2D eigenvalue weighted by Gasteiger charge is 2.22. The van der Waals surface area contributed by atoms with Gasteiger partial charge in [0.05, 0.1) is 68.4 Å². The topological polar surface area (TPSA) is 68.7 Å². The summed E-state index contributed by atoms with van der Waals surface area (Å²) in [6, 6.07) is 84.0. The van der Waals surface area contributed by atoms with Crippen molar-refractivity contribution in [3.63, 3.8) is 0 Å². The summed E-state index contributed by atoms with van der Waals surface area (Å²) < 4.78 is 6.86. The molecular formula is C66H39N7. The quantitative estimate of drug-likeness (QED) is 0.150. The average Bonchev–Trinajstić information content (AvgIpc) is 4.10. The molecule has 0 aliphatic carbocycles. The number of rotatable bonds is 7. The van der Waals surface area contributed by atoms with Crippen LogP contribution < -0.4 is 0 Å². The molecule has 14 rings (SSSR count). The van der Waals surface area contributed by atoms with E-state index in [1.165, 1.54) is 21.5 Å². The van der Waals surface area contributed by atoms with Crippen LogP contribution in [0.25, 0.3) is 132 Å². The molecule has 0 spiro atoms. The van der Waals surface area contributed by atoms with E-state index in [-0.39, 0.29) is 0 Å². The zero-order valence-electron chi connectivity index (χ0n) is 39.1. The Bertz CT molecular complexity index is 4290. The maximum absolute atomic E-state index is 11.0. The molecule has 10 aromatic carbocycles. The van der Waals surface area contributed by atoms with Crippen molar-refractivity contribution in [1.29, 1.82) is 5.26 Å². The molecule has 338 valence electrons. The number of aromatic nitrogens is 5. The third kappa shape index (κ3) is 6.65. The van der Waals surface area contributed by atoms with Crippen molar-refractivity contribution in [2.24, 2.45) is 0 Å². The fourth-order valence-corrected chi connectivity index (χ4v) is 11.0. The minimum absolute atomic E-state index is 0.436. The van der Waals surface area contributed by atoms with Gasteiger partial charge in [-0.05, 0) is 90.0 Å². The van der Waals surface area contributed by atoms with Crippen LogP contribution in [0.5, 0.6) is 0 Å². The van der Waals surface area contributed by atoms with E-state index in [1.54, 1.807) is 0 Å². The first-order chi connectivity index (χ1) is 36.1. The van der Waals surface area contributed by atoms with Crippen LogP contribution in [-0.2, 0) is 0 Å². The summed E-state index contributed by atoms with van der Waals surface area (Å²) in [5, 5.41) is 17.8. The Morgan fingerprint density at radius 2 is 0.781 bits per heavy atom. The largest absolute Gasteiger partial charge is 0.319 e. The lowest BCUT2D eigenvalue weighted by Crippen LogP contribution is -1.98. The van der Waals surface area contributed by atoms with Gasteiger partial charge in [-0.2, -0.15) is 5.26 Å². The SMILES string of the molecule is [C-]#[N+]c1cc(-c2ccc(-c3cc(-c4ccccc4)nc(-c4ccccc4)n3)cc2)c(C#N)cc1-n1c2ccc(-n3c4ccccc4c4ccccc43)cc2c2cc(-n3c4ccccc4c4ccccc43)ccc21. The average molecular weight is 930 g/mol. The second kappa shape index (κ2) is 16.7. The molecule has 0 N–H and O–H groups in total. The third-order valence-corrected chi connectivity index (χ3v) is 14.3. The highest BCUT2D eigenvalue weighted by molar-refractivity contribution is 6.14. The Hall–Kier alpha value is -10.3. The highest BCUT2D eigenvalue weighted by atomic mass is 15.0. The maximum atomic E-state index is 11.0. The summed E-state index contributed by atoms with van der Waals surface area (Å²) in [5.74, 6) is 0.640. The standard InChI is InChI=1S/C66H39N7/c1-68-58-39-53(42-28-30-44(31-29-42)57-40-56(43-16-4-2-5-17-43)69-66(70-57)45-18-6-3-7-19-45)46(41-67)36-65(58)73-63-34-32-47(71-59-24-12-8-20-49(59)50-21-9-13-25-60(50)71)37-54(63)55-38-48(33-35-64(55)73)72-61-26-14-10-22-51(61)52-23-11-15-27-62(52)72/h2-40H. The first-order valence-corrected chi connectivity index (χ1v) is 24.2. The number of fused-ring (bicyclic) bond motifs is 9. The Labute approximate surface area is 419 Å². The number of nitrogens with zero attached hydrogens (tertiary/aromatic N) is 7. The van der Waals surface area contributed by atoms with E-state index in [0.717, 1.165) is 88.9 Å². The van der Waals surface area contributed by atoms with E-state index >= 15 is 0 Å². The molecule has 7 heteroatoms. The zero-order chi connectivity index (χ0) is 48.6. The van der Waals surface area contributed by atoms with E-state index in [0.29, 0.717) is 28.3 Å². The lowest BCUT2D eigenvalue weighted by atomic mass is 9.96. The van der Waals surface area contributed by atoms with Gasteiger partial charge in [-0.15, -0.1) is 0 Å². The first-order valence-electron chi connectivity index (χ1n) is 24.2. The van der Waals surface area contributed by atoms with Crippen LogP contribution in [-0.4, -0.2) is 23.7 Å². The van der Waals surface area contributed by atoms with Crippen LogP contribution in [0.15, 0.2) is 237 Å². The molecule has 7 nitrogen and oxygen atoms in total. The minimum atomic E-state index is 0.436. The van der Waals surface area contributed by atoms with Crippen molar-refractivity contribution in [2.45, 2.75) is 0 Å². The van der Waals surface area contributed by atoms with Crippen LogP contribution in [0.2, 0.25) is 0 Å². The fourth-order valence-electron chi connectivity index (χ4n) is 11.0. The normalized spacial score (nSPS) is 11.5. The molecule has 0 amide bonds. The van der Waals surface area contributed by atoms with Crippen molar-refractivity contribution in [2.75, 3.05) is 0 Å². The van der Waals surface area contributed by atoms with Gasteiger partial charge in [0.25, 0.3) is 0 Å². The summed E-state index contributed by atoms with van der Waals surface area (Å²) in [6.45, 7) is 8.69. The van der Waals surface area contributed by atoms with Gasteiger partial charge in [0.15, 0.2) is 5.82 Å². The van der Waals surface area contributed by atoms with Crippen molar-refractivity contribution >= 4 is 71.1 Å². The van der Waals surface area contributed by atoms with E-state index in [4.69, 9.17) is 16.5 Å². The van der Waals surface area contributed by atoms with Crippen LogP contribution in [0, 0.1) is 17.9 Å². The summed E-state index contributed by atoms with van der Waals surface area (Å²) in [7, 11) is 0. The van der Waals surface area contributed by atoms with Crippen LogP contribution in [0.3, 0.4) is 0 Å². The van der Waals surface area contributed by atoms with E-state index < -0.39 is 0 Å². The predicted molar refractivity (Wildman–Crippen MR) is 298 cm³/mol. The number of nitriles is 1. The number of hydrogen-bond acceptors (Lipinski definition) is 3. The van der Waals surface area contributed by atoms with E-state index in [9.17, 15) is 5.26 Å². The molecule has 0 aliphatic heterocycles. The second-order valence-electron chi connectivity index (χ2n) is 18.4. The van der Waals surface area contributed by atoms with Crippen molar-refractivity contribution < 1.29 is 0 Å². The third-order valence-electron chi connectivity index (χ3n) is 14.3. The summed E-state index contributed by atoms with van der Waals surface area (Å²) in [6.07, 6.45) is 0. The van der Waals surface area contributed by atoms with Crippen LogP contribution in [0.1, 0.15) is 5.56 Å². The molecule has 0 aliphatic rings. The van der Waals surface area contributed by atoms with Gasteiger partial charge in [-0.1, -0.05) is 158 Å². The summed E-state index contributed by atoms with van der Waals surface area (Å²) in [5.41, 5.74) is 15.9. The molecule has 0 saturated carbocycles. The summed E-state index contributed by atoms with van der Waals surface area (Å²) >= 11 is 0. The van der Waals surface area contributed by atoms with Crippen LogP contribution >= 0.6 is 0 Å². The minimum Gasteiger partial charge on any atom is -0.319 e. The second-order valence-corrected chi connectivity index (χ2v) is 18.4. The van der Waals surface area contributed by atoms with E-state index in [1.807, 2.05) is 91.0 Å². The Morgan fingerprint density at radius 1 is 0.370 bits per heavy atom. The molecule has 0 atom stereocenters. The van der Waals surface area contributed by atoms with Crippen molar-refractivity contribution in [3.05, 3.63) is 254 Å². The lowest BCUT2D eigenvalue weighted by Gasteiger charge is -2.15. The predicted octanol–water partition coefficient (Wildman–Crippen LogP) is 16.9. The molecule has 73 heavy (non-hydrogen) atoms. The molecule has 0 unspecified atom stereocenters. The van der Waals surface area contributed by atoms with Gasteiger partial charge in [-0.25, -0.2) is 14.8 Å². The summed E-state index contributed by atoms with van der Waals surface area (Å²) in [4.78, 5) is 14.2. The molecular weight excluding hydrogens is 891 g/mol. The van der Waals surface area contributed by atoms with Gasteiger partial charge < -0.3 is 13.7 Å². The highest BCUT2D eigenvalue weighted by Crippen LogP contribution is 2.43. The van der Waals surface area contributed by atoms with Crippen molar-refractivity contribution in [3.8, 4) is 68.2 Å². The van der Waals surface area contributed by atoms with Gasteiger partial charge in [0, 0.05) is 60.4 Å². The molecule has 0 saturated heterocycles. The Balaban J connectivity index is 0.942. The Kier molecular flexibility index (Phi) is 9.50. The number of para-hydroxylation sites is 4. The number of benzene rings is 10. The molecule has 0 radical (unpaired) electrons. The lowest BCUT2D eigenvalue weighted by molar-refractivity contribution is 1.16. The fraction of sp³-hybridized carbons (Fsp3) is 0. The monoisotopic (exact) mass is 929 g/mol. The molecule has 0 fully saturated rings. The van der Waals surface area contributed by atoms with Gasteiger partial charge in [-0.3, -0.25) is 0 Å². The van der Waals surface area contributed by atoms with Gasteiger partial charge in [0.2, 0.25) is 5.69 Å². The Morgan fingerprint density at radius 3 is 1.25 bits per heavy atom. The number of hydrogen-bond donors (Lipinski definition) is 0. The maximum Gasteiger partial charge on any atom is 0.211 e. The zero-order valence-corrected chi connectivity index (χ0v) is 39.1. The molecule has 14 aromatic rings. The van der Waals surface area contributed by atoms with Crippen molar-refractivity contribution in [1.82, 2.24) is 23.7 Å². The van der Waals surface area contributed by atoms with Gasteiger partial charge >= 0.3 is 0 Å². The van der Waals surface area contributed by atoms with Gasteiger partial charge in [0.1, 0.15) is 0 Å². The van der Waals surface area contributed by atoms with Crippen LogP contribution in [0.4, 0.5) is 5.69 Å². The molecule has 0 bridgehead atoms.